The van der Waals surface area contributed by atoms with Crippen molar-refractivity contribution in [1.29, 1.82) is 0 Å². The van der Waals surface area contributed by atoms with Gasteiger partial charge in [0, 0.05) is 58.4 Å². The average Bonchev–Trinajstić information content (AvgIpc) is 3.28. The largest absolute Gasteiger partial charge is 0.355 e. The molecular weight excluding hydrogens is 392 g/mol. The zero-order valence-electron chi connectivity index (χ0n) is 19.0. The molecule has 2 aromatic rings. The second-order valence-electron chi connectivity index (χ2n) is 9.04. The first-order valence-electron chi connectivity index (χ1n) is 11.6. The Bertz CT molecular complexity index is 874. The van der Waals surface area contributed by atoms with Crippen LogP contribution >= 0.6 is 0 Å². The summed E-state index contributed by atoms with van der Waals surface area (Å²) < 4.78 is 5.31. The molecule has 4 rings (SSSR count). The van der Waals surface area contributed by atoms with Crippen LogP contribution in [0.1, 0.15) is 39.5 Å². The number of carbonyl (C=O) groups is 1. The van der Waals surface area contributed by atoms with E-state index in [1.165, 1.54) is 0 Å². The summed E-state index contributed by atoms with van der Waals surface area (Å²) in [6.45, 7) is 12.8. The minimum atomic E-state index is 0.0109. The van der Waals surface area contributed by atoms with Crippen LogP contribution in [0, 0.1) is 11.8 Å². The second kappa shape index (κ2) is 9.77. The van der Waals surface area contributed by atoms with Crippen LogP contribution in [-0.4, -0.2) is 76.6 Å². The molecule has 2 aliphatic rings. The minimum Gasteiger partial charge on any atom is -0.355 e. The molecule has 0 N–H and O–H groups in total. The van der Waals surface area contributed by atoms with Crippen LogP contribution in [0.25, 0.3) is 11.4 Å². The van der Waals surface area contributed by atoms with Crippen molar-refractivity contribution in [3.8, 4) is 11.4 Å². The van der Waals surface area contributed by atoms with Crippen LogP contribution in [0.4, 0.5) is 5.82 Å². The lowest BCUT2D eigenvalue weighted by molar-refractivity contribution is -0.137. The lowest BCUT2D eigenvalue weighted by Gasteiger charge is -2.39. The zero-order chi connectivity index (χ0) is 21.8. The maximum atomic E-state index is 13.3. The Labute approximate surface area is 184 Å². The van der Waals surface area contributed by atoms with E-state index >= 15 is 0 Å². The highest BCUT2D eigenvalue weighted by molar-refractivity contribution is 5.80. The number of piperidine rings is 1. The van der Waals surface area contributed by atoms with Gasteiger partial charge in [0.15, 0.2) is 0 Å². The van der Waals surface area contributed by atoms with Crippen molar-refractivity contribution in [2.75, 3.05) is 50.7 Å². The van der Waals surface area contributed by atoms with Crippen molar-refractivity contribution in [3.05, 3.63) is 24.2 Å². The molecule has 0 radical (unpaired) electrons. The van der Waals surface area contributed by atoms with Crippen LogP contribution < -0.4 is 4.90 Å². The first-order valence-corrected chi connectivity index (χ1v) is 11.6. The first-order chi connectivity index (χ1) is 15.0. The Morgan fingerprint density at radius 1 is 1.23 bits per heavy atom. The van der Waals surface area contributed by atoms with Crippen LogP contribution in [0.2, 0.25) is 0 Å². The summed E-state index contributed by atoms with van der Waals surface area (Å²) in [6, 6.07) is 3.87. The van der Waals surface area contributed by atoms with Crippen LogP contribution in [0.5, 0.6) is 0 Å². The fourth-order valence-electron chi connectivity index (χ4n) is 4.63. The predicted molar refractivity (Wildman–Crippen MR) is 120 cm³/mol. The summed E-state index contributed by atoms with van der Waals surface area (Å²) in [6.07, 6.45) is 4.41. The van der Waals surface area contributed by atoms with E-state index in [1.807, 2.05) is 19.1 Å². The molecule has 8 heteroatoms. The quantitative estimate of drug-likeness (QED) is 0.703. The lowest BCUT2D eigenvalue weighted by atomic mass is 9.95. The van der Waals surface area contributed by atoms with Gasteiger partial charge in [0.1, 0.15) is 5.82 Å². The molecule has 0 spiro atoms. The highest BCUT2D eigenvalue weighted by atomic mass is 16.5. The predicted octanol–water partition coefficient (Wildman–Crippen LogP) is 2.71. The maximum absolute atomic E-state index is 13.3. The fraction of sp³-hybridized carbons (Fsp3) is 0.652. The normalized spacial score (nSPS) is 20.5. The number of carbonyl (C=O) groups excluding carboxylic acids is 1. The van der Waals surface area contributed by atoms with Crippen LogP contribution in [0.3, 0.4) is 0 Å². The van der Waals surface area contributed by atoms with Gasteiger partial charge in [-0.05, 0) is 30.9 Å². The molecule has 8 nitrogen and oxygen atoms in total. The third-order valence-corrected chi connectivity index (χ3v) is 6.18. The van der Waals surface area contributed by atoms with Gasteiger partial charge in [-0.3, -0.25) is 9.69 Å². The summed E-state index contributed by atoms with van der Waals surface area (Å²) in [5.41, 5.74) is 0.862. The molecule has 0 aromatic carbocycles. The Morgan fingerprint density at radius 3 is 2.74 bits per heavy atom. The monoisotopic (exact) mass is 426 g/mol. The number of aromatic nitrogens is 3. The molecule has 2 saturated heterocycles. The van der Waals surface area contributed by atoms with Gasteiger partial charge in [-0.2, -0.15) is 4.98 Å². The molecule has 31 heavy (non-hydrogen) atoms. The van der Waals surface area contributed by atoms with E-state index in [4.69, 9.17) is 4.52 Å². The third-order valence-electron chi connectivity index (χ3n) is 6.18. The number of rotatable bonds is 6. The fourth-order valence-corrected chi connectivity index (χ4v) is 4.63. The minimum absolute atomic E-state index is 0.0109. The molecule has 0 aliphatic carbocycles. The standard InChI is InChI=1S/C23H34N6O2/c1-4-20-25-21(26-31-20)19-8-5-9-24-22(19)29-10-6-7-18(16-29)23(30)28-13-11-27(12-14-28)15-17(2)3/h5,8-9,17-18H,4,6-7,10-16H2,1-3H3/t18-/m0/s1. The van der Waals surface area contributed by atoms with Crippen molar-refractivity contribution in [2.24, 2.45) is 11.8 Å². The SMILES string of the molecule is CCc1nc(-c2cccnc2N2CCC[C@H](C(=O)N3CCN(CC(C)C)CC3)C2)no1. The van der Waals surface area contributed by atoms with E-state index in [-0.39, 0.29) is 5.92 Å². The summed E-state index contributed by atoms with van der Waals surface area (Å²) >= 11 is 0. The molecule has 2 aliphatic heterocycles. The van der Waals surface area contributed by atoms with Gasteiger partial charge in [-0.1, -0.05) is 25.9 Å². The van der Waals surface area contributed by atoms with E-state index in [0.29, 0.717) is 36.5 Å². The smallest absolute Gasteiger partial charge is 0.227 e. The van der Waals surface area contributed by atoms with Gasteiger partial charge in [0.25, 0.3) is 0 Å². The number of pyridine rings is 1. The molecule has 4 heterocycles. The molecule has 1 amide bonds. The Hall–Kier alpha value is -2.48. The van der Waals surface area contributed by atoms with Gasteiger partial charge in [-0.15, -0.1) is 0 Å². The number of nitrogens with zero attached hydrogens (tertiary/aromatic N) is 6. The van der Waals surface area contributed by atoms with Crippen molar-refractivity contribution in [1.82, 2.24) is 24.9 Å². The van der Waals surface area contributed by atoms with Crippen molar-refractivity contribution < 1.29 is 9.32 Å². The Morgan fingerprint density at radius 2 is 2.03 bits per heavy atom. The van der Waals surface area contributed by atoms with Gasteiger partial charge < -0.3 is 14.3 Å². The van der Waals surface area contributed by atoms with Gasteiger partial charge in [-0.25, -0.2) is 4.98 Å². The highest BCUT2D eigenvalue weighted by Gasteiger charge is 2.32. The first kappa shape index (κ1) is 21.7. The van der Waals surface area contributed by atoms with E-state index in [1.54, 1.807) is 6.20 Å². The number of aryl methyl sites for hydroxylation is 1. The molecule has 168 valence electrons. The van der Waals surface area contributed by atoms with Crippen LogP contribution in [-0.2, 0) is 11.2 Å². The summed E-state index contributed by atoms with van der Waals surface area (Å²) in [7, 11) is 0. The molecule has 0 saturated carbocycles. The molecular formula is C23H34N6O2. The summed E-state index contributed by atoms with van der Waals surface area (Å²) in [4.78, 5) is 29.1. The maximum Gasteiger partial charge on any atom is 0.227 e. The van der Waals surface area contributed by atoms with E-state index in [9.17, 15) is 4.79 Å². The van der Waals surface area contributed by atoms with E-state index < -0.39 is 0 Å². The number of piperazine rings is 1. The molecule has 0 bridgehead atoms. The van der Waals surface area contributed by atoms with Gasteiger partial charge in [0.2, 0.25) is 17.6 Å². The highest BCUT2D eigenvalue weighted by Crippen LogP contribution is 2.30. The van der Waals surface area contributed by atoms with E-state index in [2.05, 4.69) is 43.7 Å². The Kier molecular flexibility index (Phi) is 6.85. The third kappa shape index (κ3) is 5.06. The number of hydrogen-bond acceptors (Lipinski definition) is 7. The molecule has 2 aromatic heterocycles. The number of amides is 1. The zero-order valence-corrected chi connectivity index (χ0v) is 19.0. The summed E-state index contributed by atoms with van der Waals surface area (Å²) in [5.74, 6) is 2.98. The average molecular weight is 427 g/mol. The van der Waals surface area contributed by atoms with Gasteiger partial charge >= 0.3 is 0 Å². The van der Waals surface area contributed by atoms with Gasteiger partial charge in [0.05, 0.1) is 11.5 Å². The van der Waals surface area contributed by atoms with Crippen LogP contribution in [0.15, 0.2) is 22.9 Å². The Balaban J connectivity index is 1.43. The van der Waals surface area contributed by atoms with Crippen molar-refractivity contribution in [3.63, 3.8) is 0 Å². The second-order valence-corrected chi connectivity index (χ2v) is 9.04. The summed E-state index contributed by atoms with van der Waals surface area (Å²) in [5, 5.41) is 4.14. The number of hydrogen-bond donors (Lipinski definition) is 0. The molecule has 2 fully saturated rings. The van der Waals surface area contributed by atoms with E-state index in [0.717, 1.165) is 63.5 Å². The lowest BCUT2D eigenvalue weighted by Crippen LogP contribution is -2.53. The van der Waals surface area contributed by atoms with Crippen molar-refractivity contribution >= 4 is 11.7 Å². The number of anilines is 1. The topological polar surface area (TPSA) is 78.6 Å². The molecule has 1 atom stereocenters. The van der Waals surface area contributed by atoms with Crippen molar-refractivity contribution in [2.45, 2.75) is 40.0 Å². The molecule has 0 unspecified atom stereocenters.